The summed E-state index contributed by atoms with van der Waals surface area (Å²) in [5.41, 5.74) is 1.74. The van der Waals surface area contributed by atoms with Crippen LogP contribution in [0.1, 0.15) is 11.1 Å². The molecule has 0 fully saturated rings. The van der Waals surface area contributed by atoms with Crippen LogP contribution in [0.15, 0.2) is 60.7 Å². The topological polar surface area (TPSA) is 133 Å². The van der Waals surface area contributed by atoms with Crippen LogP contribution in [-0.4, -0.2) is 47.1 Å². The van der Waals surface area contributed by atoms with E-state index in [9.17, 15) is 19.2 Å². The lowest BCUT2D eigenvalue weighted by molar-refractivity contribution is -0.138. The molecule has 0 aliphatic heterocycles. The van der Waals surface area contributed by atoms with Crippen LogP contribution >= 0.6 is 0 Å². The average molecular weight is 386 g/mol. The number of hydrogen-bond donors (Lipinski definition) is 4. The lowest BCUT2D eigenvalue weighted by atomic mass is 10.1. The highest BCUT2D eigenvalue weighted by Gasteiger charge is 2.05. The van der Waals surface area contributed by atoms with E-state index < -0.39 is 11.9 Å². The van der Waals surface area contributed by atoms with Crippen molar-refractivity contribution in [3.63, 3.8) is 0 Å². The maximum absolute atomic E-state index is 11.1. The van der Waals surface area contributed by atoms with E-state index in [2.05, 4.69) is 10.6 Å². The molecule has 8 nitrogen and oxygen atoms in total. The van der Waals surface area contributed by atoms with Crippen LogP contribution in [0.25, 0.3) is 0 Å². The predicted octanol–water partition coefficient (Wildman–Crippen LogP) is 0.860. The van der Waals surface area contributed by atoms with E-state index in [4.69, 9.17) is 10.2 Å². The van der Waals surface area contributed by atoms with Gasteiger partial charge in [0.25, 0.3) is 0 Å². The van der Waals surface area contributed by atoms with Gasteiger partial charge in [-0.3, -0.25) is 19.2 Å². The van der Waals surface area contributed by atoms with Gasteiger partial charge in [0.2, 0.25) is 11.8 Å². The van der Waals surface area contributed by atoms with Gasteiger partial charge < -0.3 is 20.8 Å². The SMILES string of the molecule is O=C(O)CNC(=O)Cc1ccccc1.O=C(O)CNC(=O)Cc1ccccc1. The van der Waals surface area contributed by atoms with Crippen molar-refractivity contribution in [2.75, 3.05) is 13.1 Å². The zero-order valence-corrected chi connectivity index (χ0v) is 15.1. The first-order valence-electron chi connectivity index (χ1n) is 8.41. The molecule has 0 heterocycles. The Bertz CT molecular complexity index is 710. The van der Waals surface area contributed by atoms with Gasteiger partial charge in [-0.05, 0) is 11.1 Å². The molecule has 0 saturated carbocycles. The van der Waals surface area contributed by atoms with Crippen molar-refractivity contribution in [2.24, 2.45) is 0 Å². The molecule has 0 bridgehead atoms. The second-order valence-electron chi connectivity index (χ2n) is 5.67. The van der Waals surface area contributed by atoms with Crippen LogP contribution in [0.5, 0.6) is 0 Å². The Morgan fingerprint density at radius 3 is 1.21 bits per heavy atom. The normalized spacial score (nSPS) is 9.43. The molecule has 0 aliphatic rings. The van der Waals surface area contributed by atoms with E-state index in [0.717, 1.165) is 11.1 Å². The summed E-state index contributed by atoms with van der Waals surface area (Å²) in [6.07, 6.45) is 0.433. The number of nitrogens with one attached hydrogen (secondary N) is 2. The van der Waals surface area contributed by atoms with Crippen LogP contribution in [0.2, 0.25) is 0 Å². The second kappa shape index (κ2) is 12.6. The summed E-state index contributed by atoms with van der Waals surface area (Å²) in [5.74, 6) is -2.63. The Morgan fingerprint density at radius 1 is 0.607 bits per heavy atom. The van der Waals surface area contributed by atoms with Crippen LogP contribution < -0.4 is 10.6 Å². The molecule has 28 heavy (non-hydrogen) atoms. The Morgan fingerprint density at radius 2 is 0.929 bits per heavy atom. The fourth-order valence-corrected chi connectivity index (χ4v) is 2.04. The minimum absolute atomic E-state index is 0.216. The van der Waals surface area contributed by atoms with Gasteiger partial charge >= 0.3 is 11.9 Å². The molecular weight excluding hydrogens is 364 g/mol. The van der Waals surface area contributed by atoms with Crippen molar-refractivity contribution in [1.82, 2.24) is 10.6 Å². The van der Waals surface area contributed by atoms with Gasteiger partial charge in [0, 0.05) is 0 Å². The molecule has 0 spiro atoms. The van der Waals surface area contributed by atoms with E-state index in [1.54, 1.807) is 0 Å². The molecule has 2 aromatic carbocycles. The highest BCUT2D eigenvalue weighted by Crippen LogP contribution is 1.99. The number of carboxylic acids is 2. The van der Waals surface area contributed by atoms with E-state index in [0.29, 0.717) is 0 Å². The second-order valence-corrected chi connectivity index (χ2v) is 5.67. The molecule has 0 radical (unpaired) electrons. The molecule has 0 aromatic heterocycles. The summed E-state index contributed by atoms with van der Waals surface area (Å²) in [4.78, 5) is 42.6. The van der Waals surface area contributed by atoms with E-state index in [1.807, 2.05) is 60.7 Å². The van der Waals surface area contributed by atoms with Gasteiger partial charge in [0.15, 0.2) is 0 Å². The fourth-order valence-electron chi connectivity index (χ4n) is 2.04. The lowest BCUT2D eigenvalue weighted by Gasteiger charge is -2.01. The van der Waals surface area contributed by atoms with Gasteiger partial charge in [0.05, 0.1) is 12.8 Å². The molecule has 0 unspecified atom stereocenters. The van der Waals surface area contributed by atoms with Crippen LogP contribution in [0, 0.1) is 0 Å². The van der Waals surface area contributed by atoms with Gasteiger partial charge in [-0.2, -0.15) is 0 Å². The first kappa shape index (κ1) is 22.4. The average Bonchev–Trinajstić information content (AvgIpc) is 2.67. The van der Waals surface area contributed by atoms with Crippen molar-refractivity contribution in [3.05, 3.63) is 71.8 Å². The lowest BCUT2D eigenvalue weighted by Crippen LogP contribution is -2.30. The maximum Gasteiger partial charge on any atom is 0.322 e. The monoisotopic (exact) mass is 386 g/mol. The number of carbonyl (C=O) groups is 4. The highest BCUT2D eigenvalue weighted by molar-refractivity contribution is 5.83. The summed E-state index contributed by atoms with van der Waals surface area (Å²) in [6, 6.07) is 18.3. The molecule has 2 aromatic rings. The summed E-state index contributed by atoms with van der Waals surface area (Å²) in [5, 5.41) is 21.2. The Hall–Kier alpha value is -3.68. The molecule has 4 N–H and O–H groups in total. The van der Waals surface area contributed by atoms with Gasteiger partial charge in [-0.15, -0.1) is 0 Å². The molecule has 0 saturated heterocycles. The standard InChI is InChI=1S/2C10H11NO3/c2*12-9(11-7-10(13)14)6-8-4-2-1-3-5-8/h2*1-5H,6-7H2,(H,11,12)(H,13,14). The Balaban J connectivity index is 0.000000280. The van der Waals surface area contributed by atoms with E-state index in [1.165, 1.54) is 0 Å². The summed E-state index contributed by atoms with van der Waals surface area (Å²) >= 11 is 0. The quantitative estimate of drug-likeness (QED) is 0.532. The van der Waals surface area contributed by atoms with Crippen molar-refractivity contribution < 1.29 is 29.4 Å². The zero-order chi connectivity index (χ0) is 20.8. The van der Waals surface area contributed by atoms with Crippen LogP contribution in [0.3, 0.4) is 0 Å². The van der Waals surface area contributed by atoms with Gasteiger partial charge in [-0.1, -0.05) is 60.7 Å². The minimum Gasteiger partial charge on any atom is -0.480 e. The van der Waals surface area contributed by atoms with E-state index >= 15 is 0 Å². The number of carbonyl (C=O) groups excluding carboxylic acids is 2. The summed E-state index contributed by atoms with van der Waals surface area (Å²) in [6.45, 7) is -0.655. The van der Waals surface area contributed by atoms with Crippen molar-refractivity contribution in [1.29, 1.82) is 0 Å². The van der Waals surface area contributed by atoms with Crippen molar-refractivity contribution in [2.45, 2.75) is 12.8 Å². The van der Waals surface area contributed by atoms with Gasteiger partial charge in [0.1, 0.15) is 13.1 Å². The number of benzene rings is 2. The number of carboxylic acid groups (broad SMARTS) is 2. The predicted molar refractivity (Wildman–Crippen MR) is 102 cm³/mol. The fraction of sp³-hybridized carbons (Fsp3) is 0.200. The summed E-state index contributed by atoms with van der Waals surface area (Å²) < 4.78 is 0. The highest BCUT2D eigenvalue weighted by atomic mass is 16.4. The van der Waals surface area contributed by atoms with Crippen molar-refractivity contribution in [3.8, 4) is 0 Å². The third kappa shape index (κ3) is 11.0. The Kier molecular flexibility index (Phi) is 10.1. The first-order valence-corrected chi connectivity index (χ1v) is 8.41. The maximum atomic E-state index is 11.1. The molecule has 2 rings (SSSR count). The van der Waals surface area contributed by atoms with E-state index in [-0.39, 0.29) is 37.7 Å². The number of amides is 2. The largest absolute Gasteiger partial charge is 0.480 e. The smallest absolute Gasteiger partial charge is 0.322 e. The number of rotatable bonds is 8. The molecule has 2 amide bonds. The third-order valence-corrected chi connectivity index (χ3v) is 3.29. The van der Waals surface area contributed by atoms with Crippen molar-refractivity contribution >= 4 is 23.8 Å². The molecule has 148 valence electrons. The molecule has 0 atom stereocenters. The molecule has 0 aliphatic carbocycles. The molecular formula is C20H22N2O6. The first-order chi connectivity index (χ1) is 13.4. The van der Waals surface area contributed by atoms with Crippen LogP contribution in [-0.2, 0) is 32.0 Å². The Labute approximate surface area is 162 Å². The van der Waals surface area contributed by atoms with Crippen LogP contribution in [0.4, 0.5) is 0 Å². The molecule has 8 heteroatoms. The summed E-state index contributed by atoms with van der Waals surface area (Å²) in [7, 11) is 0. The third-order valence-electron chi connectivity index (χ3n) is 3.29. The number of hydrogen-bond acceptors (Lipinski definition) is 4. The minimum atomic E-state index is -1.04. The zero-order valence-electron chi connectivity index (χ0n) is 15.1. The number of aliphatic carboxylic acids is 2. The van der Waals surface area contributed by atoms with Gasteiger partial charge in [-0.25, -0.2) is 0 Å².